The third-order valence-corrected chi connectivity index (χ3v) is 5.57. The zero-order valence-corrected chi connectivity index (χ0v) is 16.3. The Morgan fingerprint density at radius 3 is 2.82 bits per heavy atom. The van der Waals surface area contributed by atoms with Crippen LogP contribution in [-0.2, 0) is 6.42 Å². The smallest absolute Gasteiger partial charge is 0.141 e. The monoisotopic (exact) mass is 399 g/mol. The molecule has 1 aromatic carbocycles. The van der Waals surface area contributed by atoms with Crippen LogP contribution in [0.2, 0.25) is 5.02 Å². The van der Waals surface area contributed by atoms with Gasteiger partial charge in [-0.1, -0.05) is 17.7 Å². The van der Waals surface area contributed by atoms with Gasteiger partial charge in [0.25, 0.3) is 0 Å². The van der Waals surface area contributed by atoms with Crippen molar-refractivity contribution in [2.45, 2.75) is 25.3 Å². The summed E-state index contributed by atoms with van der Waals surface area (Å²) in [7, 11) is 0. The maximum absolute atomic E-state index is 13.6. The first-order valence-electron chi connectivity index (χ1n) is 9.52. The molecule has 7 heteroatoms. The standard InChI is InChI=1S/C21H23ClFN5/c22-17-11-16(3-4-18(17)23)20-13-26-21(24)14-28(20)19-12-25-7-5-15(19)6-10-27-8-1-2-9-27/h3-5,7,11-14,20H,1-2,6,8-10,24H2. The molecule has 1 atom stereocenters. The van der Waals surface area contributed by atoms with Crippen LogP contribution in [0, 0.1) is 5.82 Å². The average Bonchev–Trinajstić information content (AvgIpc) is 3.22. The second-order valence-corrected chi connectivity index (χ2v) is 7.57. The van der Waals surface area contributed by atoms with E-state index in [0.29, 0.717) is 5.82 Å². The summed E-state index contributed by atoms with van der Waals surface area (Å²) in [5, 5.41) is 0.0915. The highest BCUT2D eigenvalue weighted by Gasteiger charge is 2.24. The van der Waals surface area contributed by atoms with Crippen molar-refractivity contribution in [1.29, 1.82) is 0 Å². The first-order chi connectivity index (χ1) is 13.6. The van der Waals surface area contributed by atoms with Gasteiger partial charge in [-0.05, 0) is 61.7 Å². The molecule has 1 saturated heterocycles. The van der Waals surface area contributed by atoms with Gasteiger partial charge in [-0.15, -0.1) is 0 Å². The van der Waals surface area contributed by atoms with Gasteiger partial charge in [0.1, 0.15) is 11.6 Å². The Labute approximate surface area is 169 Å². The van der Waals surface area contributed by atoms with Crippen molar-refractivity contribution in [3.8, 4) is 0 Å². The fourth-order valence-corrected chi connectivity index (χ4v) is 3.98. The van der Waals surface area contributed by atoms with Gasteiger partial charge in [0.05, 0.1) is 22.9 Å². The first kappa shape index (κ1) is 18.9. The fraction of sp³-hybridized carbons (Fsp3) is 0.333. The van der Waals surface area contributed by atoms with Crippen LogP contribution >= 0.6 is 11.6 Å². The number of hydrogen-bond donors (Lipinski definition) is 1. The Bertz CT molecular complexity index is 907. The molecule has 146 valence electrons. The second-order valence-electron chi connectivity index (χ2n) is 7.16. The van der Waals surface area contributed by atoms with Gasteiger partial charge in [-0.3, -0.25) is 4.98 Å². The van der Waals surface area contributed by atoms with Gasteiger partial charge in [0, 0.05) is 25.2 Å². The first-order valence-corrected chi connectivity index (χ1v) is 9.89. The number of anilines is 1. The highest BCUT2D eigenvalue weighted by Crippen LogP contribution is 2.33. The molecule has 0 bridgehead atoms. The number of benzene rings is 1. The summed E-state index contributed by atoms with van der Waals surface area (Å²) < 4.78 is 13.6. The number of hydrogen-bond acceptors (Lipinski definition) is 5. The summed E-state index contributed by atoms with van der Waals surface area (Å²) in [5.74, 6) is -0.0220. The van der Waals surface area contributed by atoms with E-state index in [2.05, 4.69) is 20.9 Å². The molecule has 0 aliphatic carbocycles. The van der Waals surface area contributed by atoms with Crippen LogP contribution in [0.4, 0.5) is 10.1 Å². The minimum atomic E-state index is -0.438. The van der Waals surface area contributed by atoms with Crippen molar-refractivity contribution in [2.75, 3.05) is 24.5 Å². The molecular weight excluding hydrogens is 377 g/mol. The van der Waals surface area contributed by atoms with Gasteiger partial charge in [0.15, 0.2) is 0 Å². The number of halogens is 2. The largest absolute Gasteiger partial charge is 0.382 e. The molecule has 2 aliphatic heterocycles. The van der Waals surface area contributed by atoms with Crippen LogP contribution < -0.4 is 10.6 Å². The average molecular weight is 400 g/mol. The van der Waals surface area contributed by atoms with E-state index in [1.165, 1.54) is 37.6 Å². The summed E-state index contributed by atoms with van der Waals surface area (Å²) in [6, 6.07) is 6.55. The summed E-state index contributed by atoms with van der Waals surface area (Å²) >= 11 is 6.01. The van der Waals surface area contributed by atoms with E-state index in [-0.39, 0.29) is 11.1 Å². The van der Waals surface area contributed by atoms with Crippen LogP contribution in [0.3, 0.4) is 0 Å². The number of likely N-dealkylation sites (tertiary alicyclic amines) is 1. The van der Waals surface area contributed by atoms with E-state index >= 15 is 0 Å². The van der Waals surface area contributed by atoms with E-state index in [0.717, 1.165) is 24.2 Å². The molecule has 1 unspecified atom stereocenters. The Morgan fingerprint density at radius 2 is 2.04 bits per heavy atom. The fourth-order valence-electron chi connectivity index (χ4n) is 3.79. The number of nitrogens with zero attached hydrogens (tertiary/aromatic N) is 4. The Balaban J connectivity index is 1.64. The van der Waals surface area contributed by atoms with Crippen molar-refractivity contribution in [3.05, 3.63) is 70.6 Å². The minimum Gasteiger partial charge on any atom is -0.382 e. The molecule has 3 heterocycles. The van der Waals surface area contributed by atoms with Crippen LogP contribution in [0.15, 0.2) is 53.7 Å². The lowest BCUT2D eigenvalue weighted by atomic mass is 10.0. The molecule has 0 saturated carbocycles. The van der Waals surface area contributed by atoms with E-state index < -0.39 is 5.82 Å². The molecule has 0 amide bonds. The zero-order valence-electron chi connectivity index (χ0n) is 15.6. The predicted octanol–water partition coefficient (Wildman–Crippen LogP) is 3.90. The summed E-state index contributed by atoms with van der Waals surface area (Å²) in [6.07, 6.45) is 10.7. The number of nitrogens with two attached hydrogens (primary N) is 1. The van der Waals surface area contributed by atoms with Gasteiger partial charge in [-0.25, -0.2) is 9.38 Å². The Hall–Kier alpha value is -2.44. The third-order valence-electron chi connectivity index (χ3n) is 5.28. The van der Waals surface area contributed by atoms with E-state index in [1.54, 1.807) is 24.5 Å². The lowest BCUT2D eigenvalue weighted by Crippen LogP contribution is -2.30. The molecule has 5 nitrogen and oxygen atoms in total. The van der Waals surface area contributed by atoms with Crippen molar-refractivity contribution >= 4 is 23.5 Å². The molecule has 0 radical (unpaired) electrons. The van der Waals surface area contributed by atoms with Crippen molar-refractivity contribution in [1.82, 2.24) is 9.88 Å². The number of rotatable bonds is 5. The lowest BCUT2D eigenvalue weighted by molar-refractivity contribution is 0.343. The van der Waals surface area contributed by atoms with Gasteiger partial charge < -0.3 is 15.5 Å². The number of aliphatic imine (C=N–C) groups is 1. The topological polar surface area (TPSA) is 57.8 Å². The Kier molecular flexibility index (Phi) is 5.59. The molecule has 4 rings (SSSR count). The maximum Gasteiger partial charge on any atom is 0.141 e. The summed E-state index contributed by atoms with van der Waals surface area (Å²) in [4.78, 5) is 13.1. The van der Waals surface area contributed by atoms with E-state index in [4.69, 9.17) is 17.3 Å². The van der Waals surface area contributed by atoms with E-state index in [1.807, 2.05) is 17.3 Å². The SMILES string of the molecule is NC1=CN(c2cnccc2CCN2CCCC2)C(c2ccc(F)c(Cl)c2)C=N1. The highest BCUT2D eigenvalue weighted by atomic mass is 35.5. The number of pyridine rings is 1. The molecule has 1 fully saturated rings. The molecule has 28 heavy (non-hydrogen) atoms. The lowest BCUT2D eigenvalue weighted by Gasteiger charge is -2.32. The highest BCUT2D eigenvalue weighted by molar-refractivity contribution is 6.30. The van der Waals surface area contributed by atoms with Crippen molar-refractivity contribution in [3.63, 3.8) is 0 Å². The van der Waals surface area contributed by atoms with Gasteiger partial charge >= 0.3 is 0 Å². The van der Waals surface area contributed by atoms with Crippen LogP contribution in [0.1, 0.15) is 30.0 Å². The second kappa shape index (κ2) is 8.29. The molecule has 2 aromatic rings. The molecular formula is C21H23ClFN5. The zero-order chi connectivity index (χ0) is 19.5. The van der Waals surface area contributed by atoms with Crippen LogP contribution in [0.5, 0.6) is 0 Å². The molecule has 1 aromatic heterocycles. The van der Waals surface area contributed by atoms with Crippen molar-refractivity contribution < 1.29 is 4.39 Å². The summed E-state index contributed by atoms with van der Waals surface area (Å²) in [5.41, 5.74) is 9.00. The van der Waals surface area contributed by atoms with Crippen LogP contribution in [-0.4, -0.2) is 35.7 Å². The third kappa shape index (κ3) is 4.03. The predicted molar refractivity (Wildman–Crippen MR) is 111 cm³/mol. The van der Waals surface area contributed by atoms with E-state index in [9.17, 15) is 4.39 Å². The molecule has 0 spiro atoms. The Morgan fingerprint density at radius 1 is 1.21 bits per heavy atom. The quantitative estimate of drug-likeness (QED) is 0.828. The summed E-state index contributed by atoms with van der Waals surface area (Å²) in [6.45, 7) is 3.35. The van der Waals surface area contributed by atoms with Gasteiger partial charge in [0.2, 0.25) is 0 Å². The molecule has 2 N–H and O–H groups in total. The maximum atomic E-state index is 13.6. The normalized spacial score (nSPS) is 19.9. The number of aromatic nitrogens is 1. The van der Waals surface area contributed by atoms with Crippen LogP contribution in [0.25, 0.3) is 0 Å². The molecule has 2 aliphatic rings. The minimum absolute atomic E-state index is 0.0915. The van der Waals surface area contributed by atoms with Gasteiger partial charge in [-0.2, -0.15) is 0 Å². The van der Waals surface area contributed by atoms with Crippen molar-refractivity contribution in [2.24, 2.45) is 10.7 Å².